The van der Waals surface area contributed by atoms with Gasteiger partial charge in [0.1, 0.15) is 11.5 Å². The van der Waals surface area contributed by atoms with Crippen molar-refractivity contribution < 1.29 is 19.1 Å². The van der Waals surface area contributed by atoms with Crippen LogP contribution in [0.1, 0.15) is 31.7 Å². The van der Waals surface area contributed by atoms with Crippen molar-refractivity contribution in [2.75, 3.05) is 0 Å². The fourth-order valence-electron chi connectivity index (χ4n) is 2.09. The Hall–Kier alpha value is -2.88. The molecule has 0 heterocycles. The van der Waals surface area contributed by atoms with Gasteiger partial charge in [-0.15, -0.1) is 0 Å². The molecule has 1 aliphatic carbocycles. The van der Waals surface area contributed by atoms with Crippen LogP contribution in [-0.4, -0.2) is 11.9 Å². The maximum atomic E-state index is 11.5. The molecule has 0 N–H and O–H groups in total. The SMILES string of the molecule is C=C(C)C(=O)OC1=CCC(c2ccc(OC(=O)C(=C)C)cc2)C=C1. The van der Waals surface area contributed by atoms with Crippen molar-refractivity contribution in [1.82, 2.24) is 0 Å². The predicted octanol–water partition coefficient (Wildman–Crippen LogP) is 4.21. The molecule has 4 nitrogen and oxygen atoms in total. The molecule has 0 fully saturated rings. The Labute approximate surface area is 141 Å². The number of hydrogen-bond donors (Lipinski definition) is 0. The van der Waals surface area contributed by atoms with E-state index in [1.165, 1.54) is 0 Å². The van der Waals surface area contributed by atoms with E-state index in [1.807, 2.05) is 24.3 Å². The van der Waals surface area contributed by atoms with Crippen molar-refractivity contribution in [1.29, 1.82) is 0 Å². The maximum Gasteiger partial charge on any atom is 0.338 e. The number of hydrogen-bond acceptors (Lipinski definition) is 4. The second-order valence-electron chi connectivity index (χ2n) is 5.72. The number of allylic oxidation sites excluding steroid dienone is 3. The van der Waals surface area contributed by atoms with Crippen molar-refractivity contribution >= 4 is 11.9 Å². The number of carbonyl (C=O) groups excluding carboxylic acids is 2. The Morgan fingerprint density at radius 1 is 1.00 bits per heavy atom. The van der Waals surface area contributed by atoms with Gasteiger partial charge in [-0.3, -0.25) is 0 Å². The van der Waals surface area contributed by atoms with E-state index in [2.05, 4.69) is 13.2 Å². The molecule has 0 saturated carbocycles. The van der Waals surface area contributed by atoms with Crippen LogP contribution in [0, 0.1) is 0 Å². The molecule has 1 aromatic carbocycles. The summed E-state index contributed by atoms with van der Waals surface area (Å²) in [7, 11) is 0. The van der Waals surface area contributed by atoms with Gasteiger partial charge in [0.2, 0.25) is 0 Å². The van der Waals surface area contributed by atoms with E-state index in [4.69, 9.17) is 9.47 Å². The third-order valence-electron chi connectivity index (χ3n) is 3.49. The average molecular weight is 324 g/mol. The zero-order valence-electron chi connectivity index (χ0n) is 13.9. The summed E-state index contributed by atoms with van der Waals surface area (Å²) in [4.78, 5) is 23.0. The van der Waals surface area contributed by atoms with Gasteiger partial charge in [-0.1, -0.05) is 31.4 Å². The van der Waals surface area contributed by atoms with Crippen molar-refractivity contribution in [3.8, 4) is 5.75 Å². The van der Waals surface area contributed by atoms with E-state index in [9.17, 15) is 9.59 Å². The zero-order chi connectivity index (χ0) is 17.7. The minimum absolute atomic E-state index is 0.183. The number of rotatable bonds is 5. The van der Waals surface area contributed by atoms with Crippen LogP contribution in [-0.2, 0) is 14.3 Å². The largest absolute Gasteiger partial charge is 0.424 e. The third-order valence-corrected chi connectivity index (χ3v) is 3.49. The van der Waals surface area contributed by atoms with Gasteiger partial charge in [0.05, 0.1) is 0 Å². The zero-order valence-corrected chi connectivity index (χ0v) is 13.9. The van der Waals surface area contributed by atoms with Crippen LogP contribution < -0.4 is 4.74 Å². The fourth-order valence-corrected chi connectivity index (χ4v) is 2.09. The summed E-state index contributed by atoms with van der Waals surface area (Å²) in [6.45, 7) is 10.3. The smallest absolute Gasteiger partial charge is 0.338 e. The normalized spacial score (nSPS) is 16.1. The first-order chi connectivity index (χ1) is 11.4. The molecule has 0 aliphatic heterocycles. The van der Waals surface area contributed by atoms with Gasteiger partial charge in [-0.2, -0.15) is 0 Å². The second kappa shape index (κ2) is 7.59. The Balaban J connectivity index is 1.97. The van der Waals surface area contributed by atoms with E-state index in [0.29, 0.717) is 22.7 Å². The average Bonchev–Trinajstić information content (AvgIpc) is 2.56. The molecule has 1 unspecified atom stereocenters. The number of ether oxygens (including phenoxy) is 2. The monoisotopic (exact) mass is 324 g/mol. The molecule has 124 valence electrons. The van der Waals surface area contributed by atoms with Crippen LogP contribution in [0.4, 0.5) is 0 Å². The molecule has 1 atom stereocenters. The lowest BCUT2D eigenvalue weighted by Crippen LogP contribution is -2.08. The molecule has 24 heavy (non-hydrogen) atoms. The Morgan fingerprint density at radius 2 is 1.58 bits per heavy atom. The van der Waals surface area contributed by atoms with E-state index in [-0.39, 0.29) is 5.92 Å². The molecule has 1 aromatic rings. The minimum atomic E-state index is -0.438. The molecule has 0 saturated heterocycles. The standard InChI is InChI=1S/C20H20O4/c1-13(2)19(21)23-17-9-5-15(6-10-17)16-7-11-18(12-8-16)24-20(22)14(3)4/h5-7,9-12,16H,1,3,8H2,2,4H3. The van der Waals surface area contributed by atoms with Gasteiger partial charge in [0.15, 0.2) is 0 Å². The van der Waals surface area contributed by atoms with Crippen molar-refractivity contribution in [3.05, 3.63) is 78.1 Å². The Bertz CT molecular complexity index is 735. The van der Waals surface area contributed by atoms with Crippen LogP contribution in [0.2, 0.25) is 0 Å². The van der Waals surface area contributed by atoms with Gasteiger partial charge < -0.3 is 9.47 Å². The minimum Gasteiger partial charge on any atom is -0.424 e. The molecule has 0 bridgehead atoms. The first kappa shape index (κ1) is 17.5. The number of benzene rings is 1. The number of carbonyl (C=O) groups is 2. The molecule has 0 spiro atoms. The fraction of sp³-hybridized carbons (Fsp3) is 0.200. The van der Waals surface area contributed by atoms with Gasteiger partial charge in [0, 0.05) is 17.1 Å². The summed E-state index contributed by atoms with van der Waals surface area (Å²) >= 11 is 0. The maximum absolute atomic E-state index is 11.5. The van der Waals surface area contributed by atoms with Crippen molar-refractivity contribution in [2.45, 2.75) is 26.2 Å². The Morgan fingerprint density at radius 3 is 2.08 bits per heavy atom. The number of esters is 2. The van der Waals surface area contributed by atoms with E-state index in [0.717, 1.165) is 12.0 Å². The van der Waals surface area contributed by atoms with Crippen LogP contribution in [0.3, 0.4) is 0 Å². The van der Waals surface area contributed by atoms with Gasteiger partial charge in [-0.25, -0.2) is 9.59 Å². The molecule has 0 radical (unpaired) electrons. The summed E-state index contributed by atoms with van der Waals surface area (Å²) in [5.41, 5.74) is 1.81. The lowest BCUT2D eigenvalue weighted by Gasteiger charge is -2.17. The molecule has 2 rings (SSSR count). The lowest BCUT2D eigenvalue weighted by atomic mass is 9.92. The quantitative estimate of drug-likeness (QED) is 0.462. The molecular formula is C20H20O4. The highest BCUT2D eigenvalue weighted by Crippen LogP contribution is 2.28. The molecule has 0 amide bonds. The van der Waals surface area contributed by atoms with Crippen LogP contribution in [0.5, 0.6) is 5.75 Å². The summed E-state index contributed by atoms with van der Waals surface area (Å²) in [6.07, 6.45) is 6.36. The highest BCUT2D eigenvalue weighted by molar-refractivity contribution is 5.88. The van der Waals surface area contributed by atoms with Crippen LogP contribution in [0.25, 0.3) is 0 Å². The summed E-state index contributed by atoms with van der Waals surface area (Å²) in [5, 5.41) is 0. The highest BCUT2D eigenvalue weighted by Gasteiger charge is 2.14. The second-order valence-corrected chi connectivity index (χ2v) is 5.72. The van der Waals surface area contributed by atoms with Gasteiger partial charge >= 0.3 is 11.9 Å². The van der Waals surface area contributed by atoms with Crippen LogP contribution >= 0.6 is 0 Å². The summed E-state index contributed by atoms with van der Waals surface area (Å²) in [6, 6.07) is 7.33. The first-order valence-electron chi connectivity index (χ1n) is 7.60. The van der Waals surface area contributed by atoms with Crippen molar-refractivity contribution in [3.63, 3.8) is 0 Å². The van der Waals surface area contributed by atoms with E-state index >= 15 is 0 Å². The summed E-state index contributed by atoms with van der Waals surface area (Å²) < 4.78 is 10.4. The first-order valence-corrected chi connectivity index (χ1v) is 7.60. The van der Waals surface area contributed by atoms with E-state index < -0.39 is 11.9 Å². The topological polar surface area (TPSA) is 52.6 Å². The third kappa shape index (κ3) is 4.56. The summed E-state index contributed by atoms with van der Waals surface area (Å²) in [5.74, 6) is 0.341. The molecule has 1 aliphatic rings. The highest BCUT2D eigenvalue weighted by atomic mass is 16.5. The van der Waals surface area contributed by atoms with Gasteiger partial charge in [0.25, 0.3) is 0 Å². The predicted molar refractivity (Wildman–Crippen MR) is 92.4 cm³/mol. The van der Waals surface area contributed by atoms with Gasteiger partial charge in [-0.05, 0) is 50.1 Å². The lowest BCUT2D eigenvalue weighted by molar-refractivity contribution is -0.134. The van der Waals surface area contributed by atoms with Crippen molar-refractivity contribution in [2.24, 2.45) is 0 Å². The molecule has 4 heteroatoms. The molecular weight excluding hydrogens is 304 g/mol. The van der Waals surface area contributed by atoms with Crippen LogP contribution in [0.15, 0.2) is 72.6 Å². The van der Waals surface area contributed by atoms with E-state index in [1.54, 1.807) is 32.1 Å². The molecule has 0 aromatic heterocycles. The Kier molecular flexibility index (Phi) is 5.53.